The summed E-state index contributed by atoms with van der Waals surface area (Å²) in [6.07, 6.45) is 6.94. The maximum absolute atomic E-state index is 13.5. The van der Waals surface area contributed by atoms with Crippen LogP contribution in [0.25, 0.3) is 0 Å². The quantitative estimate of drug-likeness (QED) is 0.645. The van der Waals surface area contributed by atoms with Crippen molar-refractivity contribution in [1.29, 1.82) is 0 Å². The highest BCUT2D eigenvalue weighted by Gasteiger charge is 2.38. The van der Waals surface area contributed by atoms with Gasteiger partial charge in [-0.25, -0.2) is 13.6 Å². The smallest absolute Gasteiger partial charge is 0.408 e. The summed E-state index contributed by atoms with van der Waals surface area (Å²) in [4.78, 5) is 15.3. The van der Waals surface area contributed by atoms with Gasteiger partial charge in [-0.2, -0.15) is 0 Å². The maximum Gasteiger partial charge on any atom is 0.408 e. The molecule has 2 bridgehead atoms. The van der Waals surface area contributed by atoms with Crippen LogP contribution in [0.5, 0.6) is 0 Å². The van der Waals surface area contributed by atoms with Crippen molar-refractivity contribution >= 4 is 6.09 Å². The van der Waals surface area contributed by atoms with Gasteiger partial charge >= 0.3 is 6.09 Å². The lowest BCUT2D eigenvalue weighted by atomic mass is 9.77. The number of benzene rings is 1. The molecule has 1 N–H and O–H groups in total. The molecule has 1 aromatic carbocycles. The van der Waals surface area contributed by atoms with Gasteiger partial charge in [0.1, 0.15) is 0 Å². The van der Waals surface area contributed by atoms with Crippen LogP contribution in [0.15, 0.2) is 54.7 Å². The number of allylic oxidation sites excluding steroid dienone is 1. The Balaban J connectivity index is 0.000000225. The van der Waals surface area contributed by atoms with Gasteiger partial charge in [0.05, 0.1) is 6.04 Å². The molecule has 0 aliphatic carbocycles. The first-order valence-corrected chi connectivity index (χ1v) is 10.9. The summed E-state index contributed by atoms with van der Waals surface area (Å²) in [5.74, 6) is -0.920. The van der Waals surface area contributed by atoms with Crippen LogP contribution in [0.1, 0.15) is 51.1 Å². The minimum atomic E-state index is -1.12. The molecule has 1 aromatic rings. The van der Waals surface area contributed by atoms with Gasteiger partial charge in [0, 0.05) is 12.1 Å². The Bertz CT molecular complexity index is 886. The summed E-state index contributed by atoms with van der Waals surface area (Å²) in [6, 6.07) is 2.69. The van der Waals surface area contributed by atoms with Crippen LogP contribution in [0, 0.1) is 17.6 Å². The first-order valence-electron chi connectivity index (χ1n) is 10.9. The molecular formula is C25H32F2N2O2. The number of hydrogen-bond acceptors (Lipinski definition) is 2. The number of amides is 1. The van der Waals surface area contributed by atoms with Crippen LogP contribution in [0.3, 0.4) is 0 Å². The molecule has 0 radical (unpaired) electrons. The second-order valence-corrected chi connectivity index (χ2v) is 9.14. The van der Waals surface area contributed by atoms with Crippen molar-refractivity contribution in [2.75, 3.05) is 19.6 Å². The van der Waals surface area contributed by atoms with Crippen LogP contribution in [-0.4, -0.2) is 46.2 Å². The molecule has 6 heteroatoms. The van der Waals surface area contributed by atoms with Gasteiger partial charge in [-0.15, -0.1) is 0 Å². The van der Waals surface area contributed by atoms with Gasteiger partial charge in [0.15, 0.2) is 11.6 Å². The molecule has 0 unspecified atom stereocenters. The fourth-order valence-corrected chi connectivity index (χ4v) is 5.15. The van der Waals surface area contributed by atoms with Crippen molar-refractivity contribution in [3.8, 4) is 0 Å². The number of rotatable bonds is 3. The monoisotopic (exact) mass is 430 g/mol. The molecule has 0 aromatic heterocycles. The van der Waals surface area contributed by atoms with Gasteiger partial charge in [-0.3, -0.25) is 9.80 Å². The first kappa shape index (κ1) is 23.2. The Labute approximate surface area is 183 Å². The minimum Gasteiger partial charge on any atom is -0.465 e. The molecule has 0 saturated carbocycles. The zero-order valence-electron chi connectivity index (χ0n) is 18.4. The summed E-state index contributed by atoms with van der Waals surface area (Å²) < 4.78 is 26.6. The topological polar surface area (TPSA) is 43.8 Å². The Morgan fingerprint density at radius 3 is 2.23 bits per heavy atom. The van der Waals surface area contributed by atoms with Gasteiger partial charge < -0.3 is 5.11 Å². The van der Waals surface area contributed by atoms with Gasteiger partial charge in [0.2, 0.25) is 0 Å². The van der Waals surface area contributed by atoms with E-state index >= 15 is 0 Å². The third-order valence-electron chi connectivity index (χ3n) is 6.83. The molecule has 4 nitrogen and oxygen atoms in total. The maximum atomic E-state index is 13.5. The number of halogens is 2. The zero-order chi connectivity index (χ0) is 22.8. The Kier molecular flexibility index (Phi) is 6.99. The lowest BCUT2D eigenvalue weighted by Gasteiger charge is -2.51. The van der Waals surface area contributed by atoms with Crippen molar-refractivity contribution in [3.63, 3.8) is 0 Å². The number of nitrogens with zero attached hydrogens (tertiary/aromatic N) is 2. The normalized spacial score (nSPS) is 26.7. The third kappa shape index (κ3) is 4.90. The molecule has 168 valence electrons. The SMILES string of the molecule is C=CC1=C(C=C)[C@H](c2ccc(F)c(F)c2)N(C(=O)O)CC1.CC1(C)CC2CCN1CC2. The fraction of sp³-hybridized carbons (Fsp3) is 0.480. The van der Waals surface area contributed by atoms with E-state index < -0.39 is 23.8 Å². The van der Waals surface area contributed by atoms with Crippen LogP contribution in [-0.2, 0) is 0 Å². The fourth-order valence-electron chi connectivity index (χ4n) is 5.15. The van der Waals surface area contributed by atoms with E-state index in [1.54, 1.807) is 6.08 Å². The van der Waals surface area contributed by atoms with E-state index in [1.165, 1.54) is 49.4 Å². The molecule has 4 aliphatic rings. The number of carbonyl (C=O) groups is 1. The first-order chi connectivity index (χ1) is 14.7. The van der Waals surface area contributed by atoms with E-state index in [9.17, 15) is 18.7 Å². The third-order valence-corrected chi connectivity index (χ3v) is 6.83. The highest BCUT2D eigenvalue weighted by Crippen LogP contribution is 2.38. The lowest BCUT2D eigenvalue weighted by Crippen LogP contribution is -2.54. The lowest BCUT2D eigenvalue weighted by molar-refractivity contribution is -0.00585. The molecule has 1 atom stereocenters. The average Bonchev–Trinajstić information content (AvgIpc) is 2.74. The van der Waals surface area contributed by atoms with Crippen LogP contribution in [0.4, 0.5) is 13.6 Å². The van der Waals surface area contributed by atoms with E-state index in [1.807, 2.05) is 0 Å². The van der Waals surface area contributed by atoms with E-state index in [0.717, 1.165) is 23.6 Å². The van der Waals surface area contributed by atoms with E-state index in [2.05, 4.69) is 31.9 Å². The molecule has 1 amide bonds. The van der Waals surface area contributed by atoms with Crippen LogP contribution in [0.2, 0.25) is 0 Å². The van der Waals surface area contributed by atoms with Crippen LogP contribution >= 0.6 is 0 Å². The zero-order valence-corrected chi connectivity index (χ0v) is 18.4. The number of carboxylic acid groups (broad SMARTS) is 1. The minimum absolute atomic E-state index is 0.262. The molecule has 31 heavy (non-hydrogen) atoms. The van der Waals surface area contributed by atoms with Gasteiger partial charge in [-0.1, -0.05) is 31.4 Å². The predicted octanol–water partition coefficient (Wildman–Crippen LogP) is 5.94. The number of piperidine rings is 3. The van der Waals surface area contributed by atoms with E-state index in [-0.39, 0.29) is 6.54 Å². The van der Waals surface area contributed by atoms with Crippen molar-refractivity contribution in [2.24, 2.45) is 5.92 Å². The largest absolute Gasteiger partial charge is 0.465 e. The molecule has 3 fully saturated rings. The van der Waals surface area contributed by atoms with Crippen LogP contribution < -0.4 is 0 Å². The Hall–Kier alpha value is -2.47. The molecule has 0 spiro atoms. The molecule has 4 heterocycles. The van der Waals surface area contributed by atoms with Gasteiger partial charge in [-0.05, 0) is 87.4 Å². The van der Waals surface area contributed by atoms with Crippen molar-refractivity contribution in [3.05, 3.63) is 71.9 Å². The van der Waals surface area contributed by atoms with Gasteiger partial charge in [0.25, 0.3) is 0 Å². The molecule has 3 saturated heterocycles. The second kappa shape index (κ2) is 9.35. The highest BCUT2D eigenvalue weighted by molar-refractivity contribution is 5.68. The second-order valence-electron chi connectivity index (χ2n) is 9.14. The highest BCUT2D eigenvalue weighted by atomic mass is 19.2. The summed E-state index contributed by atoms with van der Waals surface area (Å²) in [5, 5.41) is 9.34. The standard InChI is InChI=1S/C16H15F2NO2.C9H17N/c1-3-10-7-8-19(16(20)21)15(12(10)4-2)11-5-6-13(17)14(18)9-11;1-9(2)7-8-3-5-10(9)6-4-8/h3-6,9,15H,1-2,7-8H2,(H,20,21);8H,3-7H2,1-2H3/t15-;/m0./s1. The Morgan fingerprint density at radius 2 is 1.81 bits per heavy atom. The number of hydrogen-bond donors (Lipinski definition) is 1. The summed E-state index contributed by atoms with van der Waals surface area (Å²) in [7, 11) is 0. The molecule has 5 rings (SSSR count). The number of fused-ring (bicyclic) bond motifs is 3. The summed E-state index contributed by atoms with van der Waals surface area (Å²) in [6.45, 7) is 15.2. The average molecular weight is 431 g/mol. The summed E-state index contributed by atoms with van der Waals surface area (Å²) >= 11 is 0. The van der Waals surface area contributed by atoms with Crippen molar-refractivity contribution < 1.29 is 18.7 Å². The van der Waals surface area contributed by atoms with Crippen molar-refractivity contribution in [1.82, 2.24) is 9.80 Å². The Morgan fingerprint density at radius 1 is 1.13 bits per heavy atom. The van der Waals surface area contributed by atoms with E-state index in [4.69, 9.17) is 0 Å². The van der Waals surface area contributed by atoms with E-state index in [0.29, 0.717) is 23.1 Å². The van der Waals surface area contributed by atoms with Crippen molar-refractivity contribution in [2.45, 2.75) is 51.1 Å². The molecule has 4 aliphatic heterocycles. The molecular weight excluding hydrogens is 398 g/mol. The summed E-state index contributed by atoms with van der Waals surface area (Å²) in [5.41, 5.74) is 2.40. The predicted molar refractivity (Wildman–Crippen MR) is 119 cm³/mol.